The molecule has 0 saturated heterocycles. The molecule has 0 bridgehead atoms. The van der Waals surface area contributed by atoms with Gasteiger partial charge in [-0.25, -0.2) is 0 Å². The fraction of sp³-hybridized carbons (Fsp3) is 0.125. The lowest BCUT2D eigenvalue weighted by molar-refractivity contribution is 0.112. The highest BCUT2D eigenvalue weighted by molar-refractivity contribution is 7.86. The van der Waals surface area contributed by atoms with Crippen LogP contribution in [0.5, 0.6) is 0 Å². The molecule has 94 valence electrons. The summed E-state index contributed by atoms with van der Waals surface area (Å²) >= 11 is 0. The van der Waals surface area contributed by atoms with Gasteiger partial charge in [0, 0.05) is 5.56 Å². The summed E-state index contributed by atoms with van der Waals surface area (Å²) in [5.74, 6) is -0.850. The zero-order valence-electron chi connectivity index (χ0n) is 8.27. The number of aldehydes is 1. The fourth-order valence-electron chi connectivity index (χ4n) is 1.20. The van der Waals surface area contributed by atoms with Gasteiger partial charge in [0.05, 0.1) is 4.90 Å². The summed E-state index contributed by atoms with van der Waals surface area (Å²) in [4.78, 5) is 9.90. The lowest BCUT2D eigenvalue weighted by Crippen LogP contribution is -2.05. The number of benzene rings is 1. The SMILES string of the molecule is O=Cc1cc(CS(=O)(=O)O)cc(S(=O)(=O)O)c1. The summed E-state index contributed by atoms with van der Waals surface area (Å²) < 4.78 is 60.3. The van der Waals surface area contributed by atoms with E-state index in [0.717, 1.165) is 18.2 Å². The van der Waals surface area contributed by atoms with Crippen molar-refractivity contribution in [3.8, 4) is 0 Å². The molecule has 9 heteroatoms. The molecule has 7 nitrogen and oxygen atoms in total. The van der Waals surface area contributed by atoms with Crippen molar-refractivity contribution in [2.24, 2.45) is 0 Å². The molecule has 1 aromatic carbocycles. The van der Waals surface area contributed by atoms with E-state index in [1.165, 1.54) is 0 Å². The molecule has 0 saturated carbocycles. The van der Waals surface area contributed by atoms with Crippen molar-refractivity contribution in [2.75, 3.05) is 0 Å². The Labute approximate surface area is 97.6 Å². The topological polar surface area (TPSA) is 126 Å². The third kappa shape index (κ3) is 4.23. The average Bonchev–Trinajstić information content (AvgIpc) is 2.13. The van der Waals surface area contributed by atoms with E-state index in [2.05, 4.69) is 0 Å². The molecule has 1 rings (SSSR count). The van der Waals surface area contributed by atoms with E-state index in [1.54, 1.807) is 0 Å². The lowest BCUT2D eigenvalue weighted by atomic mass is 10.1. The largest absolute Gasteiger partial charge is 0.298 e. The predicted molar refractivity (Wildman–Crippen MR) is 56.9 cm³/mol. The Morgan fingerprint density at radius 3 is 2.06 bits per heavy atom. The highest BCUT2D eigenvalue weighted by Gasteiger charge is 2.15. The third-order valence-corrected chi connectivity index (χ3v) is 3.30. The quantitative estimate of drug-likeness (QED) is 0.593. The first-order valence-electron chi connectivity index (χ1n) is 4.13. The normalized spacial score (nSPS) is 12.4. The zero-order chi connectivity index (χ0) is 13.3. The van der Waals surface area contributed by atoms with Crippen molar-refractivity contribution >= 4 is 26.5 Å². The van der Waals surface area contributed by atoms with Gasteiger partial charge in [0.2, 0.25) is 0 Å². The molecule has 0 aliphatic heterocycles. The van der Waals surface area contributed by atoms with E-state index in [1.807, 2.05) is 0 Å². The Kier molecular flexibility index (Phi) is 3.67. The summed E-state index contributed by atoms with van der Waals surface area (Å²) in [5, 5.41) is 0. The van der Waals surface area contributed by atoms with E-state index < -0.39 is 30.9 Å². The van der Waals surface area contributed by atoms with Crippen LogP contribution in [-0.2, 0) is 26.0 Å². The van der Waals surface area contributed by atoms with Crippen LogP contribution in [0, 0.1) is 0 Å². The Balaban J connectivity index is 3.39. The second-order valence-electron chi connectivity index (χ2n) is 3.23. The number of carbonyl (C=O) groups excluding carboxylic acids is 1. The first kappa shape index (κ1) is 13.8. The van der Waals surface area contributed by atoms with Crippen LogP contribution < -0.4 is 0 Å². The monoisotopic (exact) mass is 280 g/mol. The Bertz CT molecular complexity index is 642. The molecule has 0 unspecified atom stereocenters. The maximum Gasteiger partial charge on any atom is 0.294 e. The van der Waals surface area contributed by atoms with Crippen LogP contribution in [0.4, 0.5) is 0 Å². The number of hydrogen-bond donors (Lipinski definition) is 2. The Hall–Kier alpha value is -1.29. The van der Waals surface area contributed by atoms with Gasteiger partial charge >= 0.3 is 0 Å². The van der Waals surface area contributed by atoms with Crippen LogP contribution in [0.1, 0.15) is 15.9 Å². The van der Waals surface area contributed by atoms with Crippen LogP contribution in [0.3, 0.4) is 0 Å². The van der Waals surface area contributed by atoms with Crippen molar-refractivity contribution in [3.05, 3.63) is 29.3 Å². The summed E-state index contributed by atoms with van der Waals surface area (Å²) in [5.41, 5.74) is -0.247. The second-order valence-corrected chi connectivity index (χ2v) is 6.10. The van der Waals surface area contributed by atoms with E-state index in [-0.39, 0.29) is 11.1 Å². The van der Waals surface area contributed by atoms with Gasteiger partial charge in [-0.3, -0.25) is 13.9 Å². The van der Waals surface area contributed by atoms with Crippen LogP contribution in [-0.4, -0.2) is 32.2 Å². The highest BCUT2D eigenvalue weighted by atomic mass is 32.2. The molecule has 0 fully saturated rings. The van der Waals surface area contributed by atoms with Gasteiger partial charge in [-0.1, -0.05) is 0 Å². The first-order valence-corrected chi connectivity index (χ1v) is 7.18. The van der Waals surface area contributed by atoms with Crippen LogP contribution >= 0.6 is 0 Å². The number of hydrogen-bond acceptors (Lipinski definition) is 5. The summed E-state index contributed by atoms with van der Waals surface area (Å²) in [7, 11) is -8.91. The van der Waals surface area contributed by atoms with Gasteiger partial charge in [-0.05, 0) is 23.8 Å². The van der Waals surface area contributed by atoms with Crippen molar-refractivity contribution in [1.82, 2.24) is 0 Å². The minimum atomic E-state index is -4.55. The molecule has 0 radical (unpaired) electrons. The fourth-order valence-corrected chi connectivity index (χ4v) is 2.37. The molecule has 2 N–H and O–H groups in total. The smallest absolute Gasteiger partial charge is 0.294 e. The average molecular weight is 280 g/mol. The molecule has 0 heterocycles. The van der Waals surface area contributed by atoms with Crippen molar-refractivity contribution < 1.29 is 30.7 Å². The Morgan fingerprint density at radius 1 is 1.06 bits per heavy atom. The van der Waals surface area contributed by atoms with Crippen molar-refractivity contribution in [3.63, 3.8) is 0 Å². The molecule has 0 amide bonds. The highest BCUT2D eigenvalue weighted by Crippen LogP contribution is 2.16. The zero-order valence-corrected chi connectivity index (χ0v) is 9.90. The van der Waals surface area contributed by atoms with Gasteiger partial charge in [0.15, 0.2) is 0 Å². The van der Waals surface area contributed by atoms with Crippen LogP contribution in [0.25, 0.3) is 0 Å². The molecular formula is C8H8O7S2. The molecule has 0 aliphatic rings. The van der Waals surface area contributed by atoms with Gasteiger partial charge < -0.3 is 0 Å². The maximum atomic E-state index is 10.8. The summed E-state index contributed by atoms with van der Waals surface area (Å²) in [6.45, 7) is 0. The van der Waals surface area contributed by atoms with Crippen molar-refractivity contribution in [2.45, 2.75) is 10.6 Å². The molecular weight excluding hydrogens is 272 g/mol. The Morgan fingerprint density at radius 2 is 1.65 bits per heavy atom. The standard InChI is InChI=1S/C8H8O7S2/c9-4-6-1-7(5-16(10,11)12)3-8(2-6)17(13,14)15/h1-4H,5H2,(H,10,11,12)(H,13,14,15). The molecule has 0 atom stereocenters. The predicted octanol–water partition coefficient (Wildman–Crippen LogP) is 0.134. The van der Waals surface area contributed by atoms with E-state index in [0.29, 0.717) is 6.29 Å². The van der Waals surface area contributed by atoms with Gasteiger partial charge in [-0.2, -0.15) is 16.8 Å². The van der Waals surface area contributed by atoms with Crippen LogP contribution in [0.2, 0.25) is 0 Å². The van der Waals surface area contributed by atoms with E-state index >= 15 is 0 Å². The minimum absolute atomic E-state index is 0.121. The summed E-state index contributed by atoms with van der Waals surface area (Å²) in [6, 6.07) is 2.83. The van der Waals surface area contributed by atoms with E-state index in [9.17, 15) is 21.6 Å². The minimum Gasteiger partial charge on any atom is -0.298 e. The number of rotatable bonds is 4. The molecule has 1 aromatic rings. The number of carbonyl (C=O) groups is 1. The molecule has 0 aliphatic carbocycles. The molecule has 0 aromatic heterocycles. The summed E-state index contributed by atoms with van der Waals surface area (Å²) in [6.07, 6.45) is 0.294. The lowest BCUT2D eigenvalue weighted by Gasteiger charge is -2.03. The molecule has 0 spiro atoms. The van der Waals surface area contributed by atoms with Crippen molar-refractivity contribution in [1.29, 1.82) is 0 Å². The van der Waals surface area contributed by atoms with Gasteiger partial charge in [0.25, 0.3) is 20.2 Å². The van der Waals surface area contributed by atoms with Gasteiger partial charge in [0.1, 0.15) is 12.0 Å². The maximum absolute atomic E-state index is 10.8. The van der Waals surface area contributed by atoms with Gasteiger partial charge in [-0.15, -0.1) is 0 Å². The first-order chi connectivity index (χ1) is 7.62. The molecule has 17 heavy (non-hydrogen) atoms. The van der Waals surface area contributed by atoms with E-state index in [4.69, 9.17) is 9.11 Å². The van der Waals surface area contributed by atoms with Crippen LogP contribution in [0.15, 0.2) is 23.1 Å². The second kappa shape index (κ2) is 4.53. The third-order valence-electron chi connectivity index (χ3n) is 1.77.